The van der Waals surface area contributed by atoms with Crippen LogP contribution in [-0.2, 0) is 19.6 Å². The van der Waals surface area contributed by atoms with Crippen molar-refractivity contribution in [3.63, 3.8) is 0 Å². The van der Waals surface area contributed by atoms with Gasteiger partial charge in [-0.2, -0.15) is 4.31 Å². The molecule has 9 nitrogen and oxygen atoms in total. The summed E-state index contributed by atoms with van der Waals surface area (Å²) >= 11 is 0. The molecule has 5 rings (SSSR count). The number of piperazine rings is 1. The van der Waals surface area contributed by atoms with Crippen molar-refractivity contribution in [3.8, 4) is 5.75 Å². The highest BCUT2D eigenvalue weighted by Crippen LogP contribution is 2.30. The topological polar surface area (TPSA) is 109 Å². The first kappa shape index (κ1) is 22.3. The van der Waals surface area contributed by atoms with Gasteiger partial charge in [-0.3, -0.25) is 14.6 Å². The van der Waals surface area contributed by atoms with E-state index < -0.39 is 16.1 Å². The number of nitrogens with one attached hydrogen (secondary N) is 1. The number of carbonyl (C=O) groups excluding carboxylic acids is 2. The van der Waals surface area contributed by atoms with Crippen molar-refractivity contribution in [2.45, 2.75) is 24.3 Å². The summed E-state index contributed by atoms with van der Waals surface area (Å²) in [5.41, 5.74) is 1.97. The molecule has 1 saturated heterocycles. The van der Waals surface area contributed by atoms with Crippen LogP contribution in [0.4, 0.5) is 5.69 Å². The number of rotatable bonds is 4. The van der Waals surface area contributed by atoms with Crippen LogP contribution in [0.25, 0.3) is 10.9 Å². The predicted octanol–water partition coefficient (Wildman–Crippen LogP) is 2.17. The fourth-order valence-corrected chi connectivity index (χ4v) is 5.87. The number of carbonyl (C=O) groups is 2. The molecule has 2 aromatic carbocycles. The molecule has 2 amide bonds. The minimum atomic E-state index is -3.78. The number of hydrogen-bond acceptors (Lipinski definition) is 6. The molecule has 0 aliphatic carbocycles. The van der Waals surface area contributed by atoms with Crippen LogP contribution < -0.4 is 10.1 Å². The van der Waals surface area contributed by atoms with Gasteiger partial charge in [-0.05, 0) is 36.8 Å². The van der Waals surface area contributed by atoms with Crippen molar-refractivity contribution >= 4 is 38.4 Å². The van der Waals surface area contributed by atoms with Crippen molar-refractivity contribution in [1.29, 1.82) is 0 Å². The Kier molecular flexibility index (Phi) is 5.70. The molecule has 1 N–H and O–H groups in total. The van der Waals surface area contributed by atoms with Crippen molar-refractivity contribution < 1.29 is 22.7 Å². The third-order valence-electron chi connectivity index (χ3n) is 6.09. The Bertz CT molecular complexity index is 1380. The molecule has 0 bridgehead atoms. The highest BCUT2D eigenvalue weighted by Gasteiger charge is 2.35. The predicted molar refractivity (Wildman–Crippen MR) is 126 cm³/mol. The number of para-hydroxylation sites is 3. The fraction of sp³-hybridized carbons (Fsp3) is 0.292. The maximum Gasteiger partial charge on any atom is 0.266 e. The first-order valence-corrected chi connectivity index (χ1v) is 12.5. The normalized spacial score (nSPS) is 18.8. The van der Waals surface area contributed by atoms with Crippen LogP contribution in [0.3, 0.4) is 0 Å². The molecule has 176 valence electrons. The van der Waals surface area contributed by atoms with E-state index in [4.69, 9.17) is 4.74 Å². The molecule has 0 radical (unpaired) electrons. The SMILES string of the molecule is Cc1cnc2c(S(=O)(=O)N3CCN(C(=O)CC4Oc5ccccc5NC4=O)CC3)cccc2c1. The van der Waals surface area contributed by atoms with E-state index in [0.717, 1.165) is 10.9 Å². The maximum atomic E-state index is 13.3. The number of fused-ring (bicyclic) bond motifs is 2. The Morgan fingerprint density at radius 3 is 2.68 bits per heavy atom. The van der Waals surface area contributed by atoms with Crippen LogP contribution in [-0.4, -0.2) is 66.7 Å². The number of benzene rings is 2. The van der Waals surface area contributed by atoms with Crippen molar-refractivity contribution in [2.24, 2.45) is 0 Å². The lowest BCUT2D eigenvalue weighted by Crippen LogP contribution is -2.52. The van der Waals surface area contributed by atoms with E-state index >= 15 is 0 Å². The maximum absolute atomic E-state index is 13.3. The summed E-state index contributed by atoms with van der Waals surface area (Å²) in [6.07, 6.45) is 0.619. The number of hydrogen-bond donors (Lipinski definition) is 1. The van der Waals surface area contributed by atoms with E-state index in [1.807, 2.05) is 19.1 Å². The minimum absolute atomic E-state index is 0.112. The summed E-state index contributed by atoms with van der Waals surface area (Å²) in [6.45, 7) is 2.71. The Morgan fingerprint density at radius 2 is 1.88 bits per heavy atom. The van der Waals surface area contributed by atoms with E-state index in [2.05, 4.69) is 10.3 Å². The van der Waals surface area contributed by atoms with Gasteiger partial charge < -0.3 is 15.0 Å². The second-order valence-electron chi connectivity index (χ2n) is 8.42. The van der Waals surface area contributed by atoms with Gasteiger partial charge in [0.2, 0.25) is 15.9 Å². The van der Waals surface area contributed by atoms with Crippen LogP contribution in [0.15, 0.2) is 59.6 Å². The molecule has 10 heteroatoms. The summed E-state index contributed by atoms with van der Waals surface area (Å²) in [6, 6.07) is 14.1. The minimum Gasteiger partial charge on any atom is -0.478 e. The van der Waals surface area contributed by atoms with Crippen molar-refractivity contribution in [1.82, 2.24) is 14.2 Å². The van der Waals surface area contributed by atoms with Crippen LogP contribution >= 0.6 is 0 Å². The monoisotopic (exact) mass is 480 g/mol. The summed E-state index contributed by atoms with van der Waals surface area (Å²) in [7, 11) is -3.78. The van der Waals surface area contributed by atoms with E-state index in [9.17, 15) is 18.0 Å². The van der Waals surface area contributed by atoms with E-state index in [-0.39, 0.29) is 49.3 Å². The molecule has 1 unspecified atom stereocenters. The van der Waals surface area contributed by atoms with Gasteiger partial charge >= 0.3 is 0 Å². The summed E-state index contributed by atoms with van der Waals surface area (Å²) < 4.78 is 33.8. The molecule has 1 aromatic heterocycles. The number of ether oxygens (including phenoxy) is 1. The van der Waals surface area contributed by atoms with Gasteiger partial charge in [-0.25, -0.2) is 8.42 Å². The molecule has 2 aliphatic heterocycles. The number of anilines is 1. The zero-order valence-corrected chi connectivity index (χ0v) is 19.4. The number of pyridine rings is 1. The Morgan fingerprint density at radius 1 is 1.12 bits per heavy atom. The molecule has 0 saturated carbocycles. The molecular formula is C24H24N4O5S. The van der Waals surface area contributed by atoms with Crippen LogP contribution in [0.5, 0.6) is 5.75 Å². The van der Waals surface area contributed by atoms with Gasteiger partial charge in [-0.1, -0.05) is 24.3 Å². The Hall–Kier alpha value is -3.50. The summed E-state index contributed by atoms with van der Waals surface area (Å²) in [5, 5.41) is 3.52. The Labute approximate surface area is 197 Å². The molecule has 2 aliphatic rings. The van der Waals surface area contributed by atoms with Gasteiger partial charge in [-0.15, -0.1) is 0 Å². The Balaban J connectivity index is 1.25. The van der Waals surface area contributed by atoms with E-state index in [0.29, 0.717) is 17.0 Å². The van der Waals surface area contributed by atoms with Gasteiger partial charge in [0.05, 0.1) is 17.6 Å². The molecule has 1 fully saturated rings. The van der Waals surface area contributed by atoms with Gasteiger partial charge in [0.1, 0.15) is 10.6 Å². The van der Waals surface area contributed by atoms with Crippen molar-refractivity contribution in [3.05, 3.63) is 60.3 Å². The van der Waals surface area contributed by atoms with Crippen LogP contribution in [0, 0.1) is 6.92 Å². The van der Waals surface area contributed by atoms with Gasteiger partial charge in [0.15, 0.2) is 6.10 Å². The number of aryl methyl sites for hydroxylation is 1. The standard InChI is InChI=1S/C24H24N4O5S/c1-16-13-17-5-4-8-21(23(17)25-15-16)34(31,32)28-11-9-27(10-12-28)22(29)14-20-24(30)26-18-6-2-3-7-19(18)33-20/h2-8,13,15,20H,9-12,14H2,1H3,(H,26,30). The molecular weight excluding hydrogens is 456 g/mol. The lowest BCUT2D eigenvalue weighted by Gasteiger charge is -2.35. The zero-order valence-electron chi connectivity index (χ0n) is 18.6. The zero-order chi connectivity index (χ0) is 23.9. The highest BCUT2D eigenvalue weighted by molar-refractivity contribution is 7.89. The van der Waals surface area contributed by atoms with Crippen molar-refractivity contribution in [2.75, 3.05) is 31.5 Å². The molecule has 34 heavy (non-hydrogen) atoms. The van der Waals surface area contributed by atoms with E-state index in [1.54, 1.807) is 47.5 Å². The number of sulfonamides is 1. The molecule has 3 heterocycles. The highest BCUT2D eigenvalue weighted by atomic mass is 32.2. The largest absolute Gasteiger partial charge is 0.478 e. The first-order chi connectivity index (χ1) is 16.3. The third-order valence-corrected chi connectivity index (χ3v) is 8.02. The number of aromatic nitrogens is 1. The number of nitrogens with zero attached hydrogens (tertiary/aromatic N) is 3. The first-order valence-electron chi connectivity index (χ1n) is 11.0. The van der Waals surface area contributed by atoms with Crippen LogP contribution in [0.1, 0.15) is 12.0 Å². The van der Waals surface area contributed by atoms with Crippen LogP contribution in [0.2, 0.25) is 0 Å². The number of amides is 2. The summed E-state index contributed by atoms with van der Waals surface area (Å²) in [4.78, 5) is 31.3. The lowest BCUT2D eigenvalue weighted by atomic mass is 10.1. The molecule has 1 atom stereocenters. The second kappa shape index (κ2) is 8.69. The molecule has 3 aromatic rings. The van der Waals surface area contributed by atoms with E-state index in [1.165, 1.54) is 4.31 Å². The third kappa shape index (κ3) is 4.10. The quantitative estimate of drug-likeness (QED) is 0.613. The van der Waals surface area contributed by atoms with Gasteiger partial charge in [0, 0.05) is 37.8 Å². The lowest BCUT2D eigenvalue weighted by molar-refractivity contribution is -0.138. The molecule has 0 spiro atoms. The fourth-order valence-electron chi connectivity index (χ4n) is 4.28. The average Bonchev–Trinajstić information content (AvgIpc) is 2.84. The average molecular weight is 481 g/mol. The van der Waals surface area contributed by atoms with Gasteiger partial charge in [0.25, 0.3) is 5.91 Å². The smallest absolute Gasteiger partial charge is 0.266 e. The summed E-state index contributed by atoms with van der Waals surface area (Å²) in [5.74, 6) is -0.0967. The second-order valence-corrected chi connectivity index (χ2v) is 10.3.